The van der Waals surface area contributed by atoms with Crippen molar-refractivity contribution in [2.24, 2.45) is 0 Å². The molecule has 1 amide bonds. The Bertz CT molecular complexity index is 688. The highest BCUT2D eigenvalue weighted by Crippen LogP contribution is 2.21. The fraction of sp³-hybridized carbons (Fsp3) is 0.278. The number of carbonyl (C=O) groups excluding carboxylic acids is 1. The van der Waals surface area contributed by atoms with Gasteiger partial charge in [-0.15, -0.1) is 0 Å². The van der Waals surface area contributed by atoms with Crippen molar-refractivity contribution in [2.45, 2.75) is 32.9 Å². The largest absolute Gasteiger partial charge is 0.481 e. The Morgan fingerprint density at radius 2 is 1.91 bits per heavy atom. The number of hydrogen-bond acceptors (Lipinski definition) is 2. The molecule has 0 unspecified atom stereocenters. The standard InChI is InChI=1S/C18H19Cl2NO2/c1-3-13-6-4-5-7-17(13)23-12(2)18(22)21-11-14-8-9-15(19)10-16(14)20/h4-10,12H,3,11H2,1-2H3,(H,21,22)/t12-/m0/s1. The van der Waals surface area contributed by atoms with Gasteiger partial charge in [-0.3, -0.25) is 4.79 Å². The van der Waals surface area contributed by atoms with Gasteiger partial charge in [0.2, 0.25) is 0 Å². The van der Waals surface area contributed by atoms with Gasteiger partial charge >= 0.3 is 0 Å². The van der Waals surface area contributed by atoms with Gasteiger partial charge in [0.1, 0.15) is 5.75 Å². The number of hydrogen-bond donors (Lipinski definition) is 1. The first-order valence-corrected chi connectivity index (χ1v) is 8.23. The highest BCUT2D eigenvalue weighted by molar-refractivity contribution is 6.35. The van der Waals surface area contributed by atoms with Gasteiger partial charge in [-0.05, 0) is 42.7 Å². The molecule has 0 radical (unpaired) electrons. The normalized spacial score (nSPS) is 11.8. The average molecular weight is 352 g/mol. The zero-order chi connectivity index (χ0) is 16.8. The van der Waals surface area contributed by atoms with E-state index in [4.69, 9.17) is 27.9 Å². The molecule has 0 aliphatic carbocycles. The minimum absolute atomic E-state index is 0.193. The maximum Gasteiger partial charge on any atom is 0.261 e. The van der Waals surface area contributed by atoms with Crippen LogP contribution in [0.1, 0.15) is 25.0 Å². The molecule has 2 aromatic rings. The number of benzene rings is 2. The number of amides is 1. The molecule has 0 aliphatic heterocycles. The first-order valence-electron chi connectivity index (χ1n) is 7.47. The Morgan fingerprint density at radius 3 is 2.61 bits per heavy atom. The van der Waals surface area contributed by atoms with Gasteiger partial charge in [-0.1, -0.05) is 54.4 Å². The molecule has 0 bridgehead atoms. The maximum atomic E-state index is 12.2. The van der Waals surface area contributed by atoms with Crippen LogP contribution in [0, 0.1) is 0 Å². The summed E-state index contributed by atoms with van der Waals surface area (Å²) in [6.07, 6.45) is 0.263. The summed E-state index contributed by atoms with van der Waals surface area (Å²) in [7, 11) is 0. The number of carbonyl (C=O) groups is 1. The van der Waals surface area contributed by atoms with Gasteiger partial charge in [0, 0.05) is 16.6 Å². The quantitative estimate of drug-likeness (QED) is 0.823. The number of nitrogens with one attached hydrogen (secondary N) is 1. The molecule has 0 heterocycles. The van der Waals surface area contributed by atoms with Crippen LogP contribution in [0.3, 0.4) is 0 Å². The molecule has 122 valence electrons. The predicted molar refractivity (Wildman–Crippen MR) is 94.2 cm³/mol. The number of rotatable bonds is 6. The van der Waals surface area contributed by atoms with Crippen LogP contribution in [0.25, 0.3) is 0 Å². The van der Waals surface area contributed by atoms with Gasteiger partial charge in [-0.25, -0.2) is 0 Å². The molecule has 0 aromatic heterocycles. The van der Waals surface area contributed by atoms with E-state index in [0.29, 0.717) is 16.6 Å². The maximum absolute atomic E-state index is 12.2. The summed E-state index contributed by atoms with van der Waals surface area (Å²) in [4.78, 5) is 12.2. The first kappa shape index (κ1) is 17.6. The van der Waals surface area contributed by atoms with E-state index < -0.39 is 6.10 Å². The van der Waals surface area contributed by atoms with Crippen LogP contribution >= 0.6 is 23.2 Å². The lowest BCUT2D eigenvalue weighted by atomic mass is 10.1. The van der Waals surface area contributed by atoms with E-state index in [1.807, 2.05) is 24.3 Å². The van der Waals surface area contributed by atoms with E-state index in [1.54, 1.807) is 25.1 Å². The highest BCUT2D eigenvalue weighted by atomic mass is 35.5. The Balaban J connectivity index is 1.95. The summed E-state index contributed by atoms with van der Waals surface area (Å²) < 4.78 is 5.77. The van der Waals surface area contributed by atoms with Crippen LogP contribution < -0.4 is 10.1 Å². The van der Waals surface area contributed by atoms with Gasteiger partial charge in [0.25, 0.3) is 5.91 Å². The van der Waals surface area contributed by atoms with Crippen molar-refractivity contribution in [2.75, 3.05) is 0 Å². The molecule has 3 nitrogen and oxygen atoms in total. The SMILES string of the molecule is CCc1ccccc1O[C@@H](C)C(=O)NCc1ccc(Cl)cc1Cl. The number of para-hydroxylation sites is 1. The van der Waals surface area contributed by atoms with Crippen molar-refractivity contribution < 1.29 is 9.53 Å². The predicted octanol–water partition coefficient (Wildman–Crippen LogP) is 4.64. The zero-order valence-electron chi connectivity index (χ0n) is 13.1. The van der Waals surface area contributed by atoms with Crippen LogP contribution in [0.2, 0.25) is 10.0 Å². The fourth-order valence-corrected chi connectivity index (χ4v) is 2.62. The highest BCUT2D eigenvalue weighted by Gasteiger charge is 2.16. The molecule has 0 aliphatic rings. The van der Waals surface area contributed by atoms with Crippen LogP contribution in [0.15, 0.2) is 42.5 Å². The molecule has 5 heteroatoms. The van der Waals surface area contributed by atoms with E-state index in [0.717, 1.165) is 23.3 Å². The van der Waals surface area contributed by atoms with E-state index in [9.17, 15) is 4.79 Å². The van der Waals surface area contributed by atoms with Crippen LogP contribution in [-0.2, 0) is 17.8 Å². The lowest BCUT2D eigenvalue weighted by Gasteiger charge is -2.17. The van der Waals surface area contributed by atoms with Crippen molar-refractivity contribution in [3.05, 3.63) is 63.6 Å². The topological polar surface area (TPSA) is 38.3 Å². The molecule has 2 aromatic carbocycles. The molecular weight excluding hydrogens is 333 g/mol. The fourth-order valence-electron chi connectivity index (χ4n) is 2.15. The molecule has 2 rings (SSSR count). The van der Waals surface area contributed by atoms with Gasteiger partial charge in [-0.2, -0.15) is 0 Å². The molecule has 0 saturated heterocycles. The molecule has 0 fully saturated rings. The number of halogens is 2. The third kappa shape index (κ3) is 4.88. The molecular formula is C18H19Cl2NO2. The van der Waals surface area contributed by atoms with Gasteiger partial charge in [0.05, 0.1) is 0 Å². The third-order valence-electron chi connectivity index (χ3n) is 3.49. The van der Waals surface area contributed by atoms with Crippen LogP contribution in [0.4, 0.5) is 0 Å². The summed E-state index contributed by atoms with van der Waals surface area (Å²) in [6.45, 7) is 4.11. The summed E-state index contributed by atoms with van der Waals surface area (Å²) in [5.41, 5.74) is 1.89. The Kier molecular flexibility index (Phi) is 6.31. The lowest BCUT2D eigenvalue weighted by molar-refractivity contribution is -0.127. The summed E-state index contributed by atoms with van der Waals surface area (Å²) >= 11 is 12.0. The second-order valence-electron chi connectivity index (χ2n) is 5.17. The van der Waals surface area contributed by atoms with E-state index >= 15 is 0 Å². The average Bonchev–Trinajstić information content (AvgIpc) is 2.54. The van der Waals surface area contributed by atoms with Crippen molar-refractivity contribution in [1.29, 1.82) is 0 Å². The van der Waals surface area contributed by atoms with Gasteiger partial charge in [0.15, 0.2) is 6.10 Å². The van der Waals surface area contributed by atoms with Crippen molar-refractivity contribution in [3.8, 4) is 5.75 Å². The van der Waals surface area contributed by atoms with Crippen LogP contribution in [0.5, 0.6) is 5.75 Å². The Morgan fingerprint density at radius 1 is 1.17 bits per heavy atom. The second-order valence-corrected chi connectivity index (χ2v) is 6.02. The minimum atomic E-state index is -0.589. The second kappa shape index (κ2) is 8.23. The summed E-state index contributed by atoms with van der Waals surface area (Å²) in [5, 5.41) is 3.92. The van der Waals surface area contributed by atoms with Crippen molar-refractivity contribution >= 4 is 29.1 Å². The van der Waals surface area contributed by atoms with Crippen molar-refractivity contribution in [1.82, 2.24) is 5.32 Å². The van der Waals surface area contributed by atoms with E-state index in [2.05, 4.69) is 12.2 Å². The molecule has 1 atom stereocenters. The third-order valence-corrected chi connectivity index (χ3v) is 4.08. The Labute approximate surface area is 146 Å². The number of ether oxygens (including phenoxy) is 1. The molecule has 0 spiro atoms. The molecule has 0 saturated carbocycles. The molecule has 23 heavy (non-hydrogen) atoms. The van der Waals surface area contributed by atoms with Crippen LogP contribution in [-0.4, -0.2) is 12.0 Å². The van der Waals surface area contributed by atoms with E-state index in [-0.39, 0.29) is 5.91 Å². The zero-order valence-corrected chi connectivity index (χ0v) is 14.6. The van der Waals surface area contributed by atoms with E-state index in [1.165, 1.54) is 0 Å². The first-order chi connectivity index (χ1) is 11.0. The number of aryl methyl sites for hydroxylation is 1. The van der Waals surface area contributed by atoms with Crippen molar-refractivity contribution in [3.63, 3.8) is 0 Å². The van der Waals surface area contributed by atoms with Gasteiger partial charge < -0.3 is 10.1 Å². The Hall–Kier alpha value is -1.71. The minimum Gasteiger partial charge on any atom is -0.481 e. The monoisotopic (exact) mass is 351 g/mol. The lowest BCUT2D eigenvalue weighted by Crippen LogP contribution is -2.36. The summed E-state index contributed by atoms with van der Waals surface area (Å²) in [5.74, 6) is 0.545. The smallest absolute Gasteiger partial charge is 0.261 e. The molecule has 1 N–H and O–H groups in total. The summed E-state index contributed by atoms with van der Waals surface area (Å²) in [6, 6.07) is 12.9.